The summed E-state index contributed by atoms with van der Waals surface area (Å²) < 4.78 is 4.85. The predicted molar refractivity (Wildman–Crippen MR) is 57.4 cm³/mol. The minimum atomic E-state index is -0.566. The lowest BCUT2D eigenvalue weighted by atomic mass is 10.0. The van der Waals surface area contributed by atoms with Crippen molar-refractivity contribution in [2.75, 3.05) is 6.54 Å². The van der Waals surface area contributed by atoms with Gasteiger partial charge in [0.25, 0.3) is 5.71 Å². The van der Waals surface area contributed by atoms with Crippen molar-refractivity contribution >= 4 is 17.0 Å². The lowest BCUT2D eigenvalue weighted by Crippen LogP contribution is -2.32. The van der Waals surface area contributed by atoms with Gasteiger partial charge in [-0.2, -0.15) is 4.98 Å². The van der Waals surface area contributed by atoms with Crippen molar-refractivity contribution in [1.82, 2.24) is 20.3 Å². The highest BCUT2D eigenvalue weighted by Gasteiger charge is 2.24. The van der Waals surface area contributed by atoms with Gasteiger partial charge in [0, 0.05) is 19.4 Å². The molecule has 7 nitrogen and oxygen atoms in total. The van der Waals surface area contributed by atoms with Crippen LogP contribution in [-0.2, 0) is 4.79 Å². The number of rotatable bonds is 1. The highest BCUT2D eigenvalue weighted by molar-refractivity contribution is 5.81. The Morgan fingerprint density at radius 1 is 1.35 bits per heavy atom. The average Bonchev–Trinajstić information content (AvgIpc) is 2.68. The van der Waals surface area contributed by atoms with E-state index in [1.54, 1.807) is 0 Å². The Labute approximate surface area is 95.3 Å². The zero-order valence-electron chi connectivity index (χ0n) is 8.90. The van der Waals surface area contributed by atoms with Crippen LogP contribution < -0.4 is 11.1 Å². The van der Waals surface area contributed by atoms with Crippen LogP contribution in [0, 0.1) is 0 Å². The summed E-state index contributed by atoms with van der Waals surface area (Å²) >= 11 is 0. The lowest BCUT2D eigenvalue weighted by Gasteiger charge is -2.21. The predicted octanol–water partition coefficient (Wildman–Crippen LogP) is -0.0953. The Morgan fingerprint density at radius 3 is 3.06 bits per heavy atom. The molecule has 1 saturated heterocycles. The number of hydrogen-bond acceptors (Lipinski definition) is 6. The van der Waals surface area contributed by atoms with Gasteiger partial charge in [0.2, 0.25) is 0 Å². The van der Waals surface area contributed by atoms with Crippen LogP contribution in [0.5, 0.6) is 0 Å². The molecule has 88 valence electrons. The van der Waals surface area contributed by atoms with Crippen molar-refractivity contribution in [2.45, 2.75) is 18.9 Å². The monoisotopic (exact) mass is 234 g/mol. The molecule has 1 unspecified atom stereocenters. The second kappa shape index (κ2) is 3.77. The standard InChI is InChI=1S/C10H10N4O3/c15-5-1-2-11-6(3-5)7-8-9(13-4-12-7)17-10(16)14-8/h4,6,11H,1-3H2,(H,14,16). The first-order valence-corrected chi connectivity index (χ1v) is 5.33. The number of hydrogen-bond donors (Lipinski definition) is 2. The lowest BCUT2D eigenvalue weighted by molar-refractivity contribution is -0.120. The van der Waals surface area contributed by atoms with E-state index in [2.05, 4.69) is 20.3 Å². The number of nitrogens with one attached hydrogen (secondary N) is 2. The number of aromatic nitrogens is 3. The fraction of sp³-hybridized carbons (Fsp3) is 0.400. The molecule has 1 fully saturated rings. The molecule has 1 aliphatic rings. The van der Waals surface area contributed by atoms with E-state index < -0.39 is 5.76 Å². The Bertz CT molecular complexity index is 630. The fourth-order valence-electron chi connectivity index (χ4n) is 2.04. The molecule has 1 aliphatic heterocycles. The molecule has 17 heavy (non-hydrogen) atoms. The summed E-state index contributed by atoms with van der Waals surface area (Å²) in [6, 6.07) is -0.185. The van der Waals surface area contributed by atoms with Crippen molar-refractivity contribution in [2.24, 2.45) is 0 Å². The Kier molecular flexibility index (Phi) is 2.25. The number of Topliss-reactive ketones (excluding diaryl/α,β-unsaturated/α-hetero) is 1. The molecule has 0 aromatic carbocycles. The smallest absolute Gasteiger partial charge is 0.389 e. The van der Waals surface area contributed by atoms with Crippen LogP contribution in [0.1, 0.15) is 24.6 Å². The van der Waals surface area contributed by atoms with Crippen LogP contribution in [0.4, 0.5) is 0 Å². The Hall–Kier alpha value is -2.02. The quantitative estimate of drug-likeness (QED) is 0.714. The van der Waals surface area contributed by atoms with Crippen molar-refractivity contribution in [3.05, 3.63) is 22.6 Å². The topological polar surface area (TPSA) is 101 Å². The summed E-state index contributed by atoms with van der Waals surface area (Å²) in [5.74, 6) is -0.379. The van der Waals surface area contributed by atoms with E-state index in [1.807, 2.05) is 0 Å². The molecule has 0 spiro atoms. The van der Waals surface area contributed by atoms with Crippen molar-refractivity contribution in [3.8, 4) is 0 Å². The van der Waals surface area contributed by atoms with Crippen LogP contribution in [0.15, 0.2) is 15.5 Å². The summed E-state index contributed by atoms with van der Waals surface area (Å²) in [7, 11) is 0. The first kappa shape index (κ1) is 10.2. The molecular weight excluding hydrogens is 224 g/mol. The molecule has 0 aliphatic carbocycles. The van der Waals surface area contributed by atoms with Crippen molar-refractivity contribution in [3.63, 3.8) is 0 Å². The Balaban J connectivity index is 2.09. The van der Waals surface area contributed by atoms with Gasteiger partial charge in [-0.15, -0.1) is 0 Å². The number of nitrogens with zero attached hydrogens (tertiary/aromatic N) is 2. The molecule has 2 aromatic heterocycles. The van der Waals surface area contributed by atoms with Crippen molar-refractivity contribution < 1.29 is 9.21 Å². The summed E-state index contributed by atoms with van der Waals surface area (Å²) in [6.45, 7) is 0.622. The zero-order valence-corrected chi connectivity index (χ0v) is 8.90. The van der Waals surface area contributed by atoms with E-state index in [0.717, 1.165) is 0 Å². The maximum atomic E-state index is 11.4. The zero-order chi connectivity index (χ0) is 11.8. The molecule has 0 amide bonds. The van der Waals surface area contributed by atoms with Gasteiger partial charge < -0.3 is 9.73 Å². The highest BCUT2D eigenvalue weighted by atomic mass is 16.4. The molecule has 0 bridgehead atoms. The van der Waals surface area contributed by atoms with Crippen LogP contribution in [0.2, 0.25) is 0 Å². The number of piperidine rings is 1. The SMILES string of the molecule is O=C1CCNC(c2ncnc3oc(=O)[nH]c23)C1. The molecular formula is C10H10N4O3. The third-order valence-corrected chi connectivity index (χ3v) is 2.81. The number of oxazole rings is 1. The van der Waals surface area contributed by atoms with E-state index in [0.29, 0.717) is 30.6 Å². The normalized spacial score (nSPS) is 20.9. The van der Waals surface area contributed by atoms with E-state index >= 15 is 0 Å². The first-order chi connectivity index (χ1) is 8.24. The minimum absolute atomic E-state index is 0.185. The van der Waals surface area contributed by atoms with Crippen LogP contribution in [-0.4, -0.2) is 27.3 Å². The maximum absolute atomic E-state index is 11.4. The molecule has 3 rings (SSSR count). The van der Waals surface area contributed by atoms with E-state index in [-0.39, 0.29) is 17.5 Å². The first-order valence-electron chi connectivity index (χ1n) is 5.33. The summed E-state index contributed by atoms with van der Waals surface area (Å²) in [4.78, 5) is 33.0. The van der Waals surface area contributed by atoms with Gasteiger partial charge in [0.05, 0.1) is 11.7 Å². The number of fused-ring (bicyclic) bond motifs is 1. The summed E-state index contributed by atoms with van der Waals surface area (Å²) in [5, 5.41) is 3.19. The van der Waals surface area contributed by atoms with Crippen molar-refractivity contribution in [1.29, 1.82) is 0 Å². The van der Waals surface area contributed by atoms with Crippen LogP contribution in [0.3, 0.4) is 0 Å². The van der Waals surface area contributed by atoms with Crippen LogP contribution in [0.25, 0.3) is 11.2 Å². The number of carbonyl (C=O) groups is 1. The molecule has 3 heterocycles. The van der Waals surface area contributed by atoms with E-state index in [9.17, 15) is 9.59 Å². The number of ketones is 1. The molecule has 0 saturated carbocycles. The van der Waals surface area contributed by atoms with Gasteiger partial charge in [0.15, 0.2) is 0 Å². The van der Waals surface area contributed by atoms with Gasteiger partial charge in [-0.05, 0) is 0 Å². The van der Waals surface area contributed by atoms with Gasteiger partial charge in [-0.3, -0.25) is 9.78 Å². The molecule has 7 heteroatoms. The third-order valence-electron chi connectivity index (χ3n) is 2.81. The average molecular weight is 234 g/mol. The third kappa shape index (κ3) is 1.74. The van der Waals surface area contributed by atoms with Gasteiger partial charge >= 0.3 is 5.76 Å². The molecule has 2 N–H and O–H groups in total. The van der Waals surface area contributed by atoms with E-state index in [1.165, 1.54) is 6.33 Å². The summed E-state index contributed by atoms with van der Waals surface area (Å²) in [5.41, 5.74) is 1.29. The second-order valence-corrected chi connectivity index (χ2v) is 3.95. The van der Waals surface area contributed by atoms with Gasteiger partial charge in [0.1, 0.15) is 17.6 Å². The Morgan fingerprint density at radius 2 is 2.24 bits per heavy atom. The minimum Gasteiger partial charge on any atom is -0.389 e. The maximum Gasteiger partial charge on any atom is 0.418 e. The second-order valence-electron chi connectivity index (χ2n) is 3.95. The largest absolute Gasteiger partial charge is 0.418 e. The fourth-order valence-corrected chi connectivity index (χ4v) is 2.04. The number of H-pyrrole nitrogens is 1. The summed E-state index contributed by atoms with van der Waals surface area (Å²) in [6.07, 6.45) is 2.24. The highest BCUT2D eigenvalue weighted by Crippen LogP contribution is 2.23. The van der Waals surface area contributed by atoms with Gasteiger partial charge in [-0.25, -0.2) is 9.78 Å². The van der Waals surface area contributed by atoms with Gasteiger partial charge in [-0.1, -0.05) is 0 Å². The number of aromatic amines is 1. The van der Waals surface area contributed by atoms with Crippen LogP contribution >= 0.6 is 0 Å². The molecule has 1 atom stereocenters. The van der Waals surface area contributed by atoms with E-state index in [4.69, 9.17) is 4.42 Å². The molecule has 0 radical (unpaired) electrons. The number of carbonyl (C=O) groups excluding carboxylic acids is 1. The molecule has 2 aromatic rings.